The lowest BCUT2D eigenvalue weighted by atomic mass is 9.87. The second-order valence-electron chi connectivity index (χ2n) is 7.49. The van der Waals surface area contributed by atoms with E-state index in [4.69, 9.17) is 9.47 Å². The third-order valence-corrected chi connectivity index (χ3v) is 5.47. The average Bonchev–Trinajstić information content (AvgIpc) is 3.05. The molecule has 3 aliphatic rings. The van der Waals surface area contributed by atoms with Gasteiger partial charge in [0.15, 0.2) is 6.35 Å². The van der Waals surface area contributed by atoms with E-state index in [1.165, 1.54) is 12.8 Å². The van der Waals surface area contributed by atoms with Gasteiger partial charge in [-0.05, 0) is 51.4 Å². The molecule has 1 saturated carbocycles. The fraction of sp³-hybridized carbons (Fsp3) is 0.944. The quantitative estimate of drug-likeness (QED) is 0.702. The van der Waals surface area contributed by atoms with Gasteiger partial charge in [0.05, 0.1) is 18.6 Å². The Labute approximate surface area is 140 Å². The van der Waals surface area contributed by atoms with Crippen molar-refractivity contribution >= 4 is 5.97 Å². The summed E-state index contributed by atoms with van der Waals surface area (Å²) in [5.74, 6) is 0.867. The van der Waals surface area contributed by atoms with Crippen LogP contribution in [0.15, 0.2) is 0 Å². The molecule has 2 saturated heterocycles. The van der Waals surface area contributed by atoms with Crippen LogP contribution in [0.3, 0.4) is 0 Å². The van der Waals surface area contributed by atoms with Crippen molar-refractivity contribution in [3.8, 4) is 0 Å². The van der Waals surface area contributed by atoms with Gasteiger partial charge in [-0.1, -0.05) is 6.92 Å². The maximum Gasteiger partial charge on any atom is 0.308 e. The molecule has 132 valence electrons. The van der Waals surface area contributed by atoms with Crippen molar-refractivity contribution in [1.82, 2.24) is 9.80 Å². The van der Waals surface area contributed by atoms with Crippen LogP contribution in [0.2, 0.25) is 0 Å². The second-order valence-corrected chi connectivity index (χ2v) is 7.49. The molecular weight excluding hydrogens is 292 g/mol. The Morgan fingerprint density at radius 1 is 1.09 bits per heavy atom. The number of carbonyl (C=O) groups excluding carboxylic acids is 1. The van der Waals surface area contributed by atoms with Crippen LogP contribution in [0.1, 0.15) is 52.4 Å². The van der Waals surface area contributed by atoms with Crippen molar-refractivity contribution in [2.75, 3.05) is 32.8 Å². The minimum absolute atomic E-state index is 0.0152. The molecule has 2 aliphatic heterocycles. The molecule has 5 nitrogen and oxygen atoms in total. The van der Waals surface area contributed by atoms with E-state index < -0.39 is 0 Å². The molecule has 3 fully saturated rings. The van der Waals surface area contributed by atoms with E-state index in [0.717, 1.165) is 57.8 Å². The maximum absolute atomic E-state index is 11.9. The number of likely N-dealkylation sites (tertiary alicyclic amines) is 2. The van der Waals surface area contributed by atoms with Gasteiger partial charge in [0, 0.05) is 26.2 Å². The van der Waals surface area contributed by atoms with Gasteiger partial charge in [-0.25, -0.2) is 0 Å². The molecule has 5 heteroatoms. The second kappa shape index (κ2) is 7.95. The summed E-state index contributed by atoms with van der Waals surface area (Å²) in [6.07, 6.45) is 6.82. The van der Waals surface area contributed by atoms with Gasteiger partial charge >= 0.3 is 5.97 Å². The summed E-state index contributed by atoms with van der Waals surface area (Å²) in [5.41, 5.74) is 0. The Balaban J connectivity index is 1.49. The minimum Gasteiger partial charge on any atom is -0.466 e. The van der Waals surface area contributed by atoms with Crippen LogP contribution >= 0.6 is 0 Å². The molecule has 23 heavy (non-hydrogen) atoms. The summed E-state index contributed by atoms with van der Waals surface area (Å²) in [6, 6.07) is 0. The first-order valence-electron chi connectivity index (χ1n) is 9.47. The Bertz CT molecular complexity index is 384. The number of esters is 1. The van der Waals surface area contributed by atoms with Gasteiger partial charge in [-0.2, -0.15) is 0 Å². The standard InChI is InChI=1S/C18H32N2O3/c1-3-22-17(21)15-6-8-16(9-7-15)23-18(19-10-4-5-11-19)20-12-14(2)13-20/h14-16,18H,3-13H2,1-2H3/t15-,16-,18?. The van der Waals surface area contributed by atoms with Crippen molar-refractivity contribution in [2.24, 2.45) is 11.8 Å². The first-order chi connectivity index (χ1) is 11.2. The van der Waals surface area contributed by atoms with Crippen LogP contribution in [-0.2, 0) is 14.3 Å². The number of carbonyl (C=O) groups is 1. The van der Waals surface area contributed by atoms with E-state index in [9.17, 15) is 4.79 Å². The number of nitrogens with zero attached hydrogens (tertiary/aromatic N) is 2. The third-order valence-electron chi connectivity index (χ3n) is 5.47. The van der Waals surface area contributed by atoms with E-state index in [0.29, 0.717) is 12.7 Å². The topological polar surface area (TPSA) is 42.0 Å². The zero-order chi connectivity index (χ0) is 16.2. The van der Waals surface area contributed by atoms with Gasteiger partial charge in [-0.3, -0.25) is 14.6 Å². The van der Waals surface area contributed by atoms with Crippen molar-refractivity contribution in [1.29, 1.82) is 0 Å². The highest BCUT2D eigenvalue weighted by atomic mass is 16.5. The van der Waals surface area contributed by atoms with Crippen molar-refractivity contribution in [3.05, 3.63) is 0 Å². The fourth-order valence-electron chi connectivity index (χ4n) is 4.16. The summed E-state index contributed by atoms with van der Waals surface area (Å²) in [7, 11) is 0. The highest BCUT2D eigenvalue weighted by molar-refractivity contribution is 5.72. The lowest BCUT2D eigenvalue weighted by Crippen LogP contribution is -2.59. The first-order valence-corrected chi connectivity index (χ1v) is 9.47. The van der Waals surface area contributed by atoms with Gasteiger partial charge in [-0.15, -0.1) is 0 Å². The molecule has 0 radical (unpaired) electrons. The van der Waals surface area contributed by atoms with Gasteiger partial charge in [0.2, 0.25) is 0 Å². The van der Waals surface area contributed by atoms with E-state index in [-0.39, 0.29) is 18.2 Å². The van der Waals surface area contributed by atoms with Crippen LogP contribution in [0.5, 0.6) is 0 Å². The molecule has 1 unspecified atom stereocenters. The van der Waals surface area contributed by atoms with Crippen molar-refractivity contribution < 1.29 is 14.3 Å². The molecule has 3 rings (SSSR count). The molecular formula is C18H32N2O3. The molecule has 0 N–H and O–H groups in total. The normalized spacial score (nSPS) is 31.7. The maximum atomic E-state index is 11.9. The molecule has 1 aliphatic carbocycles. The molecule has 0 aromatic rings. The van der Waals surface area contributed by atoms with E-state index in [1.807, 2.05) is 6.92 Å². The van der Waals surface area contributed by atoms with Crippen LogP contribution in [-0.4, -0.2) is 61.0 Å². The van der Waals surface area contributed by atoms with Crippen LogP contribution in [0, 0.1) is 11.8 Å². The monoisotopic (exact) mass is 324 g/mol. The van der Waals surface area contributed by atoms with E-state index in [2.05, 4.69) is 16.7 Å². The Morgan fingerprint density at radius 3 is 2.30 bits per heavy atom. The molecule has 0 amide bonds. The number of hydrogen-bond donors (Lipinski definition) is 0. The first kappa shape index (κ1) is 17.2. The number of rotatable bonds is 6. The zero-order valence-electron chi connectivity index (χ0n) is 14.7. The van der Waals surface area contributed by atoms with Crippen LogP contribution in [0.25, 0.3) is 0 Å². The molecule has 0 spiro atoms. The molecule has 2 heterocycles. The summed E-state index contributed by atoms with van der Waals surface area (Å²) >= 11 is 0. The SMILES string of the molecule is CCOC(=O)[C@H]1CC[C@H](OC(N2CCCC2)N2CC(C)C2)CC1. The lowest BCUT2D eigenvalue weighted by molar-refractivity contribution is -0.208. The van der Waals surface area contributed by atoms with Crippen LogP contribution < -0.4 is 0 Å². The largest absolute Gasteiger partial charge is 0.466 e. The van der Waals surface area contributed by atoms with Gasteiger partial charge in [0.25, 0.3) is 0 Å². The third kappa shape index (κ3) is 4.25. The predicted molar refractivity (Wildman–Crippen MR) is 88.8 cm³/mol. The summed E-state index contributed by atoms with van der Waals surface area (Å²) in [5, 5.41) is 0. The van der Waals surface area contributed by atoms with Crippen LogP contribution in [0.4, 0.5) is 0 Å². The van der Waals surface area contributed by atoms with E-state index in [1.54, 1.807) is 0 Å². The van der Waals surface area contributed by atoms with Crippen molar-refractivity contribution in [2.45, 2.75) is 64.8 Å². The van der Waals surface area contributed by atoms with Gasteiger partial charge < -0.3 is 9.47 Å². The molecule has 0 bridgehead atoms. The summed E-state index contributed by atoms with van der Waals surface area (Å²) < 4.78 is 11.7. The molecule has 0 aromatic heterocycles. The highest BCUT2D eigenvalue weighted by Crippen LogP contribution is 2.31. The summed E-state index contributed by atoms with van der Waals surface area (Å²) in [6.45, 7) is 9.29. The highest BCUT2D eigenvalue weighted by Gasteiger charge is 2.37. The molecule has 0 aromatic carbocycles. The average molecular weight is 324 g/mol. The Kier molecular flexibility index (Phi) is 5.94. The van der Waals surface area contributed by atoms with Gasteiger partial charge in [0.1, 0.15) is 0 Å². The fourth-order valence-corrected chi connectivity index (χ4v) is 4.16. The van der Waals surface area contributed by atoms with E-state index >= 15 is 0 Å². The Morgan fingerprint density at radius 2 is 1.74 bits per heavy atom. The molecule has 1 atom stereocenters. The smallest absolute Gasteiger partial charge is 0.308 e. The predicted octanol–water partition coefficient (Wildman–Crippen LogP) is 2.46. The lowest BCUT2D eigenvalue weighted by Gasteiger charge is -2.47. The Hall–Kier alpha value is -0.650. The summed E-state index contributed by atoms with van der Waals surface area (Å²) in [4.78, 5) is 16.8. The van der Waals surface area contributed by atoms with Crippen molar-refractivity contribution in [3.63, 3.8) is 0 Å². The minimum atomic E-state index is -0.0152. The zero-order valence-corrected chi connectivity index (χ0v) is 14.7. The number of ether oxygens (including phenoxy) is 2. The number of hydrogen-bond acceptors (Lipinski definition) is 5.